The summed E-state index contributed by atoms with van der Waals surface area (Å²) >= 11 is 2.02. The van der Waals surface area contributed by atoms with Crippen LogP contribution in [0.1, 0.15) is 6.92 Å². The van der Waals surface area contributed by atoms with Crippen molar-refractivity contribution in [1.29, 1.82) is 0 Å². The fraction of sp³-hybridized carbons (Fsp3) is 0.750. The summed E-state index contributed by atoms with van der Waals surface area (Å²) in [6.07, 6.45) is 0. The fourth-order valence-electron chi connectivity index (χ4n) is 0. The van der Waals surface area contributed by atoms with Crippen LogP contribution in [0.25, 0.3) is 0 Å². The van der Waals surface area contributed by atoms with Gasteiger partial charge in [0.1, 0.15) is 0 Å². The summed E-state index contributed by atoms with van der Waals surface area (Å²) in [5.74, 6) is 0. The van der Waals surface area contributed by atoms with Crippen molar-refractivity contribution in [1.82, 2.24) is 4.90 Å². The van der Waals surface area contributed by atoms with Gasteiger partial charge in [-0.05, 0) is 0 Å². The van der Waals surface area contributed by atoms with E-state index in [1.54, 1.807) is 0 Å². The minimum absolute atomic E-state index is 1.35. The Kier molecular flexibility index (Phi) is 2.80. The van der Waals surface area contributed by atoms with Gasteiger partial charge in [-0.15, -0.1) is 0 Å². The molecule has 0 spiro atoms. The number of hydrogen-bond acceptors (Lipinski definition) is 1. The summed E-state index contributed by atoms with van der Waals surface area (Å²) in [7, 11) is 4.08. The Morgan fingerprint density at radius 2 is 1.67 bits per heavy atom. The normalized spacial score (nSPS) is 7.83. The van der Waals surface area contributed by atoms with Crippen molar-refractivity contribution in [2.45, 2.75) is 6.92 Å². The van der Waals surface area contributed by atoms with Crippen LogP contribution in [0, 0.1) is 0 Å². The third-order valence-electron chi connectivity index (χ3n) is 0.630. The molecule has 0 saturated heterocycles. The third-order valence-corrected chi connectivity index (χ3v) is 1.67. The summed E-state index contributed by atoms with van der Waals surface area (Å²) in [5.41, 5.74) is 0. The van der Waals surface area contributed by atoms with Crippen LogP contribution in [0.4, 0.5) is 0 Å². The second kappa shape index (κ2) is 2.60. The molecule has 0 rings (SSSR count). The Morgan fingerprint density at radius 1 is 1.50 bits per heavy atom. The molecule has 0 aliphatic rings. The minimum atomic E-state index is 1.35. The predicted octanol–water partition coefficient (Wildman–Crippen LogP) is -0.134. The molecule has 0 unspecified atom stereocenters. The molecular formula is C4H9NTe. The maximum absolute atomic E-state index is 2.09. The zero-order valence-corrected chi connectivity index (χ0v) is 6.69. The Bertz CT molecular complexity index is 58.6. The van der Waals surface area contributed by atoms with Gasteiger partial charge in [-0.1, -0.05) is 0 Å². The van der Waals surface area contributed by atoms with Crippen molar-refractivity contribution in [3.05, 3.63) is 0 Å². The van der Waals surface area contributed by atoms with Gasteiger partial charge in [-0.3, -0.25) is 0 Å². The molecule has 0 aromatic heterocycles. The molecule has 0 aliphatic heterocycles. The van der Waals surface area contributed by atoms with E-state index in [2.05, 4.69) is 11.8 Å². The van der Waals surface area contributed by atoms with E-state index in [9.17, 15) is 0 Å². The molecule has 0 atom stereocenters. The molecule has 0 fully saturated rings. The van der Waals surface area contributed by atoms with Gasteiger partial charge in [0.2, 0.25) is 0 Å². The molecule has 0 N–H and O–H groups in total. The summed E-state index contributed by atoms with van der Waals surface area (Å²) in [4.78, 5) is 2.09. The molecule has 0 aromatic carbocycles. The summed E-state index contributed by atoms with van der Waals surface area (Å²) in [5, 5.41) is 0. The van der Waals surface area contributed by atoms with Gasteiger partial charge in [0.15, 0.2) is 0 Å². The van der Waals surface area contributed by atoms with E-state index < -0.39 is 0 Å². The van der Waals surface area contributed by atoms with Gasteiger partial charge in [0.25, 0.3) is 0 Å². The van der Waals surface area contributed by atoms with Gasteiger partial charge < -0.3 is 0 Å². The first-order valence-corrected chi connectivity index (χ1v) is 2.99. The molecule has 0 saturated carbocycles. The van der Waals surface area contributed by atoms with Gasteiger partial charge in [0, 0.05) is 0 Å². The van der Waals surface area contributed by atoms with Crippen molar-refractivity contribution in [2.24, 2.45) is 0 Å². The van der Waals surface area contributed by atoms with Gasteiger partial charge in [-0.25, -0.2) is 0 Å². The fourth-order valence-corrected chi connectivity index (χ4v) is 0. The van der Waals surface area contributed by atoms with E-state index in [1.807, 2.05) is 35.9 Å². The van der Waals surface area contributed by atoms with Crippen LogP contribution >= 0.6 is 0 Å². The molecular weight excluding hydrogens is 190 g/mol. The summed E-state index contributed by atoms with van der Waals surface area (Å²) < 4.78 is 1.35. The van der Waals surface area contributed by atoms with E-state index in [0.717, 1.165) is 0 Å². The van der Waals surface area contributed by atoms with Crippen LogP contribution in [0.3, 0.4) is 0 Å². The first-order valence-electron chi connectivity index (χ1n) is 1.82. The second-order valence-electron chi connectivity index (χ2n) is 1.41. The van der Waals surface area contributed by atoms with Crippen molar-refractivity contribution in [2.75, 3.05) is 14.1 Å². The van der Waals surface area contributed by atoms with Gasteiger partial charge in [0.05, 0.1) is 0 Å². The van der Waals surface area contributed by atoms with Crippen molar-refractivity contribution in [3.63, 3.8) is 0 Å². The standard InChI is InChI=1S/C4H9NTe/c1-4(6)5(2)3/h1-3H3. The molecule has 1 nitrogen and oxygen atoms in total. The second-order valence-corrected chi connectivity index (χ2v) is 3.10. The molecule has 0 bridgehead atoms. The van der Waals surface area contributed by atoms with E-state index in [1.165, 1.54) is 3.67 Å². The average Bonchev–Trinajstić information content (AvgIpc) is 1.36. The summed E-state index contributed by atoms with van der Waals surface area (Å²) in [6.45, 7) is 2.09. The van der Waals surface area contributed by atoms with E-state index in [4.69, 9.17) is 0 Å². The molecule has 0 heterocycles. The van der Waals surface area contributed by atoms with Crippen molar-refractivity contribution in [3.8, 4) is 0 Å². The van der Waals surface area contributed by atoms with E-state index in [0.29, 0.717) is 0 Å². The van der Waals surface area contributed by atoms with Crippen LogP contribution in [-0.2, 0) is 0 Å². The Labute approximate surface area is 51.7 Å². The van der Waals surface area contributed by atoms with E-state index >= 15 is 0 Å². The molecule has 36 valence electrons. The predicted molar refractivity (Wildman–Crippen MR) is 30.1 cm³/mol. The zero-order valence-electron chi connectivity index (χ0n) is 4.36. The first-order chi connectivity index (χ1) is 2.64. The van der Waals surface area contributed by atoms with Gasteiger partial charge in [-0.2, -0.15) is 0 Å². The molecule has 0 aliphatic carbocycles. The monoisotopic (exact) mass is 201 g/mol. The quantitative estimate of drug-likeness (QED) is 0.531. The molecule has 6 heavy (non-hydrogen) atoms. The van der Waals surface area contributed by atoms with Crippen LogP contribution in [0.2, 0.25) is 0 Å². The molecule has 0 amide bonds. The Balaban J connectivity index is 3.26. The SMILES string of the molecule is CC(=[Te])N(C)C. The van der Waals surface area contributed by atoms with Crippen molar-refractivity contribution < 1.29 is 0 Å². The Hall–Kier alpha value is 0.460. The maximum atomic E-state index is 2.09. The molecule has 0 aromatic rings. The van der Waals surface area contributed by atoms with Crippen LogP contribution in [0.5, 0.6) is 0 Å². The first kappa shape index (κ1) is 6.46. The van der Waals surface area contributed by atoms with E-state index in [-0.39, 0.29) is 0 Å². The van der Waals surface area contributed by atoms with Crippen LogP contribution in [-0.4, -0.2) is 44.5 Å². The topological polar surface area (TPSA) is 3.24 Å². The Morgan fingerprint density at radius 3 is 1.67 bits per heavy atom. The molecule has 0 radical (unpaired) electrons. The number of nitrogens with zero attached hydrogens (tertiary/aromatic N) is 1. The molecule has 2 heteroatoms. The van der Waals surface area contributed by atoms with Crippen LogP contribution in [0.15, 0.2) is 0 Å². The zero-order chi connectivity index (χ0) is 5.15. The summed E-state index contributed by atoms with van der Waals surface area (Å²) in [6, 6.07) is 0. The van der Waals surface area contributed by atoms with Crippen molar-refractivity contribution >= 4 is 25.5 Å². The third kappa shape index (κ3) is 2.68. The average molecular weight is 199 g/mol. The number of hydrogen-bond donors (Lipinski definition) is 0. The van der Waals surface area contributed by atoms with Gasteiger partial charge >= 0.3 is 51.4 Å². The van der Waals surface area contributed by atoms with Crippen LogP contribution < -0.4 is 0 Å². The number of rotatable bonds is 1.